The fourth-order valence-corrected chi connectivity index (χ4v) is 4.08. The van der Waals surface area contributed by atoms with E-state index in [-0.39, 0.29) is 17.7 Å². The van der Waals surface area contributed by atoms with Crippen LogP contribution in [0.1, 0.15) is 34.4 Å². The Bertz CT molecular complexity index is 1270. The Balaban J connectivity index is 1.35. The van der Waals surface area contributed by atoms with Crippen molar-refractivity contribution >= 4 is 5.91 Å². The van der Waals surface area contributed by atoms with Gasteiger partial charge in [0.2, 0.25) is 11.7 Å². The van der Waals surface area contributed by atoms with Crippen LogP contribution in [0.2, 0.25) is 0 Å². The number of aromatic hydroxyl groups is 1. The second-order valence-corrected chi connectivity index (χ2v) is 8.50. The van der Waals surface area contributed by atoms with Crippen LogP contribution in [0.5, 0.6) is 5.75 Å². The summed E-state index contributed by atoms with van der Waals surface area (Å²) in [5, 5.41) is 22.4. The molecule has 1 aliphatic heterocycles. The molecule has 2 heterocycles. The lowest BCUT2D eigenvalue weighted by atomic mass is 10.1. The number of rotatable bonds is 7. The number of aliphatic hydroxyl groups is 1. The van der Waals surface area contributed by atoms with Gasteiger partial charge in [-0.1, -0.05) is 36.1 Å². The first-order valence-electron chi connectivity index (χ1n) is 11.6. The summed E-state index contributed by atoms with van der Waals surface area (Å²) in [6.07, 6.45) is 3.29. The molecule has 1 amide bonds. The predicted octanol–water partition coefficient (Wildman–Crippen LogP) is 1.34. The van der Waals surface area contributed by atoms with Gasteiger partial charge in [-0.25, -0.2) is 4.98 Å². The van der Waals surface area contributed by atoms with Crippen LogP contribution < -0.4 is 10.9 Å². The van der Waals surface area contributed by atoms with Gasteiger partial charge < -0.3 is 25.4 Å². The summed E-state index contributed by atoms with van der Waals surface area (Å²) in [5.41, 5.74) is 3.65. The summed E-state index contributed by atoms with van der Waals surface area (Å²) < 4.78 is 0. The summed E-state index contributed by atoms with van der Waals surface area (Å²) in [6, 6.07) is 15.7. The van der Waals surface area contributed by atoms with Gasteiger partial charge in [-0.3, -0.25) is 9.59 Å². The molecule has 1 aromatic heterocycles. The number of aliphatic hydroxyl groups excluding tert-OH is 1. The van der Waals surface area contributed by atoms with E-state index in [0.29, 0.717) is 25.1 Å². The number of nitrogens with zero attached hydrogens (tertiary/aromatic N) is 2. The average molecular weight is 473 g/mol. The summed E-state index contributed by atoms with van der Waals surface area (Å²) in [6.45, 7) is 1.61. The van der Waals surface area contributed by atoms with E-state index in [1.54, 1.807) is 4.90 Å². The van der Waals surface area contributed by atoms with Gasteiger partial charge in [0.15, 0.2) is 0 Å². The first kappa shape index (κ1) is 24.2. The fourth-order valence-electron chi connectivity index (χ4n) is 4.08. The van der Waals surface area contributed by atoms with Crippen molar-refractivity contribution in [3.05, 3.63) is 93.2 Å². The minimum Gasteiger partial charge on any atom is -0.502 e. The van der Waals surface area contributed by atoms with Gasteiger partial charge in [-0.2, -0.15) is 0 Å². The van der Waals surface area contributed by atoms with Gasteiger partial charge in [0, 0.05) is 30.3 Å². The first-order chi connectivity index (χ1) is 17.0. The monoisotopic (exact) mass is 472 g/mol. The standard InChI is InChI=1S/C27H28N4O4/c32-17-25(33)31(23-13-14-28-15-23)16-22-9-7-20(8-10-22)2-1-19-3-5-21(6-4-19)11-12-24-26(34)27(35)30-18-29-24/h3-10,18,23,28,32,34H,11-17H2,(H,29,30,35). The Hall–Kier alpha value is -3.93. The molecule has 1 fully saturated rings. The zero-order valence-corrected chi connectivity index (χ0v) is 19.3. The third-order valence-electron chi connectivity index (χ3n) is 6.10. The smallest absolute Gasteiger partial charge is 0.293 e. The molecule has 0 spiro atoms. The number of H-pyrrole nitrogens is 1. The molecule has 0 bridgehead atoms. The van der Waals surface area contributed by atoms with Crippen LogP contribution in [0.15, 0.2) is 59.7 Å². The molecule has 8 heteroatoms. The molecule has 2 aromatic carbocycles. The maximum Gasteiger partial charge on any atom is 0.293 e. The van der Waals surface area contributed by atoms with Gasteiger partial charge in [0.25, 0.3) is 5.56 Å². The summed E-state index contributed by atoms with van der Waals surface area (Å²) in [7, 11) is 0. The van der Waals surface area contributed by atoms with E-state index < -0.39 is 12.2 Å². The third kappa shape index (κ3) is 6.35. The fraction of sp³-hybridized carbons (Fsp3) is 0.296. The molecular formula is C27H28N4O4. The zero-order valence-electron chi connectivity index (χ0n) is 19.3. The number of aryl methyl sites for hydroxylation is 2. The maximum atomic E-state index is 12.2. The van der Waals surface area contributed by atoms with Crippen molar-refractivity contribution in [2.45, 2.75) is 31.8 Å². The minimum absolute atomic E-state index is 0.106. The van der Waals surface area contributed by atoms with Crippen LogP contribution >= 0.6 is 0 Å². The molecule has 1 aliphatic rings. The number of hydrogen-bond acceptors (Lipinski definition) is 6. The highest BCUT2D eigenvalue weighted by molar-refractivity contribution is 5.77. The highest BCUT2D eigenvalue weighted by atomic mass is 16.3. The Morgan fingerprint density at radius 1 is 1.03 bits per heavy atom. The molecule has 180 valence electrons. The molecule has 4 N–H and O–H groups in total. The number of nitrogens with one attached hydrogen (secondary N) is 2. The molecule has 0 saturated carbocycles. The first-order valence-corrected chi connectivity index (χ1v) is 11.6. The quantitative estimate of drug-likeness (QED) is 0.386. The molecule has 8 nitrogen and oxygen atoms in total. The maximum absolute atomic E-state index is 12.2. The van der Waals surface area contributed by atoms with E-state index in [2.05, 4.69) is 27.1 Å². The lowest BCUT2D eigenvalue weighted by Crippen LogP contribution is -2.42. The molecule has 1 unspecified atom stereocenters. The van der Waals surface area contributed by atoms with Gasteiger partial charge in [-0.05, 0) is 61.2 Å². The molecule has 0 radical (unpaired) electrons. The molecule has 1 atom stereocenters. The van der Waals surface area contributed by atoms with Gasteiger partial charge in [0.05, 0.1) is 12.0 Å². The van der Waals surface area contributed by atoms with E-state index in [0.717, 1.165) is 41.8 Å². The van der Waals surface area contributed by atoms with Crippen molar-refractivity contribution in [3.63, 3.8) is 0 Å². The van der Waals surface area contributed by atoms with E-state index in [9.17, 15) is 19.8 Å². The summed E-state index contributed by atoms with van der Waals surface area (Å²) in [4.78, 5) is 31.8. The largest absolute Gasteiger partial charge is 0.502 e. The lowest BCUT2D eigenvalue weighted by molar-refractivity contribution is -0.136. The molecular weight excluding hydrogens is 444 g/mol. The van der Waals surface area contributed by atoms with Gasteiger partial charge in [0.1, 0.15) is 6.61 Å². The number of carbonyl (C=O) groups excluding carboxylic acids is 1. The Kier molecular flexibility index (Phi) is 7.93. The SMILES string of the molecule is O=C(CO)N(Cc1ccc(C#Cc2ccc(CCc3nc[nH]c(=O)c3O)cc2)cc1)C1CCNC1. The Labute approximate surface area is 203 Å². The summed E-state index contributed by atoms with van der Waals surface area (Å²) >= 11 is 0. The number of carbonyl (C=O) groups is 1. The lowest BCUT2D eigenvalue weighted by Gasteiger charge is -2.28. The van der Waals surface area contributed by atoms with Crippen LogP contribution in [0.25, 0.3) is 0 Å². The van der Waals surface area contributed by atoms with Crippen LogP contribution in [0, 0.1) is 11.8 Å². The summed E-state index contributed by atoms with van der Waals surface area (Å²) in [5.74, 6) is 5.73. The Morgan fingerprint density at radius 3 is 2.29 bits per heavy atom. The average Bonchev–Trinajstić information content (AvgIpc) is 3.42. The van der Waals surface area contributed by atoms with Crippen molar-refractivity contribution in [1.82, 2.24) is 20.2 Å². The van der Waals surface area contributed by atoms with E-state index in [1.807, 2.05) is 48.5 Å². The predicted molar refractivity (Wildman–Crippen MR) is 132 cm³/mol. The van der Waals surface area contributed by atoms with Crippen LogP contribution in [-0.4, -0.2) is 56.7 Å². The zero-order chi connectivity index (χ0) is 24.6. The van der Waals surface area contributed by atoms with Gasteiger partial charge >= 0.3 is 0 Å². The number of aromatic amines is 1. The number of amides is 1. The van der Waals surface area contributed by atoms with Crippen molar-refractivity contribution in [2.24, 2.45) is 0 Å². The number of hydrogen-bond donors (Lipinski definition) is 4. The van der Waals surface area contributed by atoms with Crippen molar-refractivity contribution in [3.8, 4) is 17.6 Å². The second kappa shape index (κ2) is 11.5. The van der Waals surface area contributed by atoms with E-state index in [1.165, 1.54) is 6.33 Å². The third-order valence-corrected chi connectivity index (χ3v) is 6.10. The topological polar surface area (TPSA) is 119 Å². The molecule has 4 rings (SSSR count). The van der Waals surface area contributed by atoms with Crippen LogP contribution in [-0.2, 0) is 24.2 Å². The minimum atomic E-state index is -0.532. The van der Waals surface area contributed by atoms with Crippen LogP contribution in [0.3, 0.4) is 0 Å². The number of benzene rings is 2. The van der Waals surface area contributed by atoms with Gasteiger partial charge in [-0.15, -0.1) is 0 Å². The van der Waals surface area contributed by atoms with Crippen molar-refractivity contribution < 1.29 is 15.0 Å². The van der Waals surface area contributed by atoms with E-state index >= 15 is 0 Å². The van der Waals surface area contributed by atoms with Crippen molar-refractivity contribution in [2.75, 3.05) is 19.7 Å². The molecule has 35 heavy (non-hydrogen) atoms. The molecule has 0 aliphatic carbocycles. The second-order valence-electron chi connectivity index (χ2n) is 8.50. The molecule has 3 aromatic rings. The van der Waals surface area contributed by atoms with E-state index in [4.69, 9.17) is 0 Å². The highest BCUT2D eigenvalue weighted by Gasteiger charge is 2.26. The normalized spacial score (nSPS) is 14.8. The highest BCUT2D eigenvalue weighted by Crippen LogP contribution is 2.15. The van der Waals surface area contributed by atoms with Crippen molar-refractivity contribution in [1.29, 1.82) is 0 Å². The Morgan fingerprint density at radius 2 is 1.69 bits per heavy atom. The molecule has 1 saturated heterocycles. The van der Waals surface area contributed by atoms with Crippen LogP contribution in [0.4, 0.5) is 0 Å². The number of aromatic nitrogens is 2.